The van der Waals surface area contributed by atoms with Gasteiger partial charge in [-0.05, 0) is 49.2 Å². The third kappa shape index (κ3) is 2.79. The molecule has 0 bridgehead atoms. The van der Waals surface area contributed by atoms with Crippen molar-refractivity contribution in [3.05, 3.63) is 77.6 Å². The molecule has 1 amide bonds. The summed E-state index contributed by atoms with van der Waals surface area (Å²) in [4.78, 5) is 12.6. The fourth-order valence-electron chi connectivity index (χ4n) is 2.39. The summed E-state index contributed by atoms with van der Waals surface area (Å²) < 4.78 is 5.42. The molecule has 1 heterocycles. The summed E-state index contributed by atoms with van der Waals surface area (Å²) in [5.74, 6) is 0.549. The molecule has 0 saturated carbocycles. The number of amides is 1. The van der Waals surface area contributed by atoms with E-state index in [1.165, 1.54) is 0 Å². The number of aryl methyl sites for hydroxylation is 2. The second-order valence-electron chi connectivity index (χ2n) is 5.30. The maximum atomic E-state index is 12.6. The SMILES string of the molecule is Cc1ccc(C)c(NC(=O)c2ccccc2-c2ccco2)c1. The largest absolute Gasteiger partial charge is 0.464 e. The predicted octanol–water partition coefficient (Wildman–Crippen LogP) is 4.82. The highest BCUT2D eigenvalue weighted by atomic mass is 16.3. The average molecular weight is 291 g/mol. The van der Waals surface area contributed by atoms with Crippen molar-refractivity contribution >= 4 is 11.6 Å². The van der Waals surface area contributed by atoms with Crippen LogP contribution in [0.1, 0.15) is 21.5 Å². The Morgan fingerprint density at radius 1 is 1.00 bits per heavy atom. The zero-order valence-corrected chi connectivity index (χ0v) is 12.6. The lowest BCUT2D eigenvalue weighted by atomic mass is 10.0. The minimum absolute atomic E-state index is 0.138. The van der Waals surface area contributed by atoms with Crippen molar-refractivity contribution in [2.45, 2.75) is 13.8 Å². The van der Waals surface area contributed by atoms with E-state index in [1.807, 2.05) is 62.4 Å². The van der Waals surface area contributed by atoms with Gasteiger partial charge in [0, 0.05) is 11.3 Å². The van der Waals surface area contributed by atoms with Crippen LogP contribution in [-0.4, -0.2) is 5.91 Å². The molecule has 1 aromatic heterocycles. The van der Waals surface area contributed by atoms with Crippen molar-refractivity contribution < 1.29 is 9.21 Å². The van der Waals surface area contributed by atoms with Gasteiger partial charge in [0.05, 0.1) is 11.8 Å². The first-order chi connectivity index (χ1) is 10.6. The molecular weight excluding hydrogens is 274 g/mol. The number of nitrogens with one attached hydrogen (secondary N) is 1. The number of carbonyl (C=O) groups is 1. The van der Waals surface area contributed by atoms with Gasteiger partial charge in [0.1, 0.15) is 5.76 Å². The van der Waals surface area contributed by atoms with E-state index in [4.69, 9.17) is 4.42 Å². The zero-order valence-electron chi connectivity index (χ0n) is 12.6. The van der Waals surface area contributed by atoms with Gasteiger partial charge >= 0.3 is 0 Å². The van der Waals surface area contributed by atoms with Gasteiger partial charge in [-0.25, -0.2) is 0 Å². The Kier molecular flexibility index (Phi) is 3.79. The summed E-state index contributed by atoms with van der Waals surface area (Å²) in [6, 6.07) is 17.1. The molecule has 0 aliphatic carbocycles. The van der Waals surface area contributed by atoms with Crippen LogP contribution in [0.4, 0.5) is 5.69 Å². The van der Waals surface area contributed by atoms with Crippen LogP contribution in [0.15, 0.2) is 65.3 Å². The lowest BCUT2D eigenvalue weighted by molar-refractivity contribution is 0.102. The molecule has 2 aromatic carbocycles. The van der Waals surface area contributed by atoms with E-state index in [9.17, 15) is 4.79 Å². The fourth-order valence-corrected chi connectivity index (χ4v) is 2.39. The normalized spacial score (nSPS) is 10.5. The van der Waals surface area contributed by atoms with E-state index >= 15 is 0 Å². The summed E-state index contributed by atoms with van der Waals surface area (Å²) in [5.41, 5.74) is 4.36. The number of anilines is 1. The number of hydrogen-bond acceptors (Lipinski definition) is 2. The summed E-state index contributed by atoms with van der Waals surface area (Å²) in [5, 5.41) is 2.99. The summed E-state index contributed by atoms with van der Waals surface area (Å²) >= 11 is 0. The molecule has 0 atom stereocenters. The Balaban J connectivity index is 1.95. The molecule has 0 spiro atoms. The topological polar surface area (TPSA) is 42.2 Å². The van der Waals surface area contributed by atoms with Crippen LogP contribution in [0.5, 0.6) is 0 Å². The van der Waals surface area contributed by atoms with Gasteiger partial charge in [-0.3, -0.25) is 4.79 Å². The van der Waals surface area contributed by atoms with Gasteiger partial charge < -0.3 is 9.73 Å². The van der Waals surface area contributed by atoms with E-state index in [0.717, 1.165) is 22.4 Å². The molecule has 0 saturated heterocycles. The molecule has 110 valence electrons. The molecule has 0 unspecified atom stereocenters. The highest BCUT2D eigenvalue weighted by molar-refractivity contribution is 6.08. The van der Waals surface area contributed by atoms with Crippen molar-refractivity contribution in [2.75, 3.05) is 5.32 Å². The molecule has 3 aromatic rings. The van der Waals surface area contributed by atoms with Crippen LogP contribution in [0.2, 0.25) is 0 Å². The van der Waals surface area contributed by atoms with Gasteiger partial charge in [0.15, 0.2) is 0 Å². The van der Waals surface area contributed by atoms with E-state index in [2.05, 4.69) is 5.32 Å². The van der Waals surface area contributed by atoms with Crippen molar-refractivity contribution in [3.8, 4) is 11.3 Å². The van der Waals surface area contributed by atoms with E-state index in [1.54, 1.807) is 12.3 Å². The molecule has 0 radical (unpaired) electrons. The van der Waals surface area contributed by atoms with Crippen LogP contribution < -0.4 is 5.32 Å². The molecule has 22 heavy (non-hydrogen) atoms. The maximum Gasteiger partial charge on any atom is 0.256 e. The van der Waals surface area contributed by atoms with Crippen LogP contribution in [-0.2, 0) is 0 Å². The smallest absolute Gasteiger partial charge is 0.256 e. The third-order valence-electron chi connectivity index (χ3n) is 3.60. The number of carbonyl (C=O) groups excluding carboxylic acids is 1. The first-order valence-corrected chi connectivity index (χ1v) is 7.16. The molecule has 3 heteroatoms. The molecule has 3 nitrogen and oxygen atoms in total. The first kappa shape index (κ1) is 14.1. The van der Waals surface area contributed by atoms with Gasteiger partial charge in [-0.15, -0.1) is 0 Å². The minimum atomic E-state index is -0.138. The maximum absolute atomic E-state index is 12.6. The summed E-state index contributed by atoms with van der Waals surface area (Å²) in [6.45, 7) is 3.99. The molecule has 0 fully saturated rings. The highest BCUT2D eigenvalue weighted by Crippen LogP contribution is 2.25. The van der Waals surface area contributed by atoms with Crippen molar-refractivity contribution in [1.29, 1.82) is 0 Å². The standard InChI is InChI=1S/C19H17NO2/c1-13-9-10-14(2)17(12-13)20-19(21)16-7-4-3-6-15(16)18-8-5-11-22-18/h3-12H,1-2H3,(H,20,21). The minimum Gasteiger partial charge on any atom is -0.464 e. The Morgan fingerprint density at radius 2 is 1.82 bits per heavy atom. The number of rotatable bonds is 3. The lowest BCUT2D eigenvalue weighted by Gasteiger charge is -2.11. The second kappa shape index (κ2) is 5.90. The number of benzene rings is 2. The second-order valence-corrected chi connectivity index (χ2v) is 5.30. The van der Waals surface area contributed by atoms with Crippen LogP contribution in [0, 0.1) is 13.8 Å². The monoisotopic (exact) mass is 291 g/mol. The van der Waals surface area contributed by atoms with Crippen molar-refractivity contribution in [1.82, 2.24) is 0 Å². The lowest BCUT2D eigenvalue weighted by Crippen LogP contribution is -2.14. The molecule has 0 aliphatic rings. The van der Waals surface area contributed by atoms with Crippen LogP contribution in [0.25, 0.3) is 11.3 Å². The Hall–Kier alpha value is -2.81. The van der Waals surface area contributed by atoms with Gasteiger partial charge in [0.25, 0.3) is 5.91 Å². The van der Waals surface area contributed by atoms with Crippen LogP contribution in [0.3, 0.4) is 0 Å². The third-order valence-corrected chi connectivity index (χ3v) is 3.60. The summed E-state index contributed by atoms with van der Waals surface area (Å²) in [7, 11) is 0. The first-order valence-electron chi connectivity index (χ1n) is 7.16. The van der Waals surface area contributed by atoms with Crippen molar-refractivity contribution in [2.24, 2.45) is 0 Å². The molecule has 1 N–H and O–H groups in total. The Bertz CT molecular complexity index is 804. The number of furan rings is 1. The predicted molar refractivity (Wildman–Crippen MR) is 88.0 cm³/mol. The van der Waals surface area contributed by atoms with Crippen molar-refractivity contribution in [3.63, 3.8) is 0 Å². The molecular formula is C19H17NO2. The van der Waals surface area contributed by atoms with E-state index < -0.39 is 0 Å². The number of hydrogen-bond donors (Lipinski definition) is 1. The van der Waals surface area contributed by atoms with Crippen LogP contribution >= 0.6 is 0 Å². The van der Waals surface area contributed by atoms with Gasteiger partial charge in [-0.1, -0.05) is 30.3 Å². The zero-order chi connectivity index (χ0) is 15.5. The fraction of sp³-hybridized carbons (Fsp3) is 0.105. The van der Waals surface area contributed by atoms with Gasteiger partial charge in [0.2, 0.25) is 0 Å². The Labute approximate surface area is 129 Å². The van der Waals surface area contributed by atoms with Gasteiger partial charge in [-0.2, -0.15) is 0 Å². The van der Waals surface area contributed by atoms with E-state index in [0.29, 0.717) is 11.3 Å². The molecule has 3 rings (SSSR count). The average Bonchev–Trinajstić information content (AvgIpc) is 3.05. The highest BCUT2D eigenvalue weighted by Gasteiger charge is 2.14. The summed E-state index contributed by atoms with van der Waals surface area (Å²) in [6.07, 6.45) is 1.61. The molecule has 0 aliphatic heterocycles. The Morgan fingerprint density at radius 3 is 2.59 bits per heavy atom. The van der Waals surface area contributed by atoms with E-state index in [-0.39, 0.29) is 5.91 Å². The quantitative estimate of drug-likeness (QED) is 0.752.